The summed E-state index contributed by atoms with van der Waals surface area (Å²) < 4.78 is 1.28. The van der Waals surface area contributed by atoms with Gasteiger partial charge in [-0.3, -0.25) is 4.79 Å². The summed E-state index contributed by atoms with van der Waals surface area (Å²) in [6.07, 6.45) is 3.15. The number of aromatic hydroxyl groups is 2. The number of nitrogens with zero attached hydrogens (tertiary/aromatic N) is 2. The third-order valence-electron chi connectivity index (χ3n) is 3.26. The summed E-state index contributed by atoms with van der Waals surface area (Å²) in [6.45, 7) is 0. The fourth-order valence-electron chi connectivity index (χ4n) is 2.01. The van der Waals surface area contributed by atoms with Crippen LogP contribution in [-0.4, -0.2) is 31.7 Å². The molecular weight excluding hydrogens is 424 g/mol. The molecule has 3 rings (SSSR count). The highest BCUT2D eigenvalue weighted by atomic mass is 79.9. The smallest absolute Gasteiger partial charge is 0.286 e. The Labute approximate surface area is 161 Å². The van der Waals surface area contributed by atoms with Crippen molar-refractivity contribution in [2.24, 2.45) is 5.10 Å². The van der Waals surface area contributed by atoms with Crippen LogP contribution in [0.5, 0.6) is 11.5 Å². The molecule has 1 saturated heterocycles. The lowest BCUT2D eigenvalue weighted by Crippen LogP contribution is -2.22. The summed E-state index contributed by atoms with van der Waals surface area (Å²) in [5.74, 6) is -0.808. The standard InChI is InChI=1S/C17H11BrN2O3S2/c18-12-4-1-10(2-5-12)9-19-20-16(23)15(25-17(20)24)8-11-3-6-13(21)14(22)7-11/h1-9,21-22H/b15-8+,19-9+. The second-order valence-corrected chi connectivity index (χ2v) is 7.63. The van der Waals surface area contributed by atoms with Gasteiger partial charge in [0.2, 0.25) is 0 Å². The molecule has 0 radical (unpaired) electrons. The molecule has 0 spiro atoms. The molecule has 0 saturated carbocycles. The van der Waals surface area contributed by atoms with Gasteiger partial charge in [0.05, 0.1) is 11.1 Å². The number of thioether (sulfide) groups is 1. The number of rotatable bonds is 3. The Morgan fingerprint density at radius 2 is 1.76 bits per heavy atom. The first-order chi connectivity index (χ1) is 11.9. The quantitative estimate of drug-likeness (QED) is 0.329. The molecule has 0 atom stereocenters. The van der Waals surface area contributed by atoms with E-state index in [2.05, 4.69) is 21.0 Å². The molecule has 126 valence electrons. The normalized spacial score (nSPS) is 16.4. The van der Waals surface area contributed by atoms with Crippen LogP contribution in [0, 0.1) is 0 Å². The van der Waals surface area contributed by atoms with Gasteiger partial charge in [0.25, 0.3) is 5.91 Å². The van der Waals surface area contributed by atoms with Gasteiger partial charge in [-0.25, -0.2) is 0 Å². The summed E-state index contributed by atoms with van der Waals surface area (Å²) in [7, 11) is 0. The van der Waals surface area contributed by atoms with E-state index in [-0.39, 0.29) is 17.4 Å². The Bertz CT molecular complexity index is 911. The van der Waals surface area contributed by atoms with Gasteiger partial charge >= 0.3 is 0 Å². The summed E-state index contributed by atoms with van der Waals surface area (Å²) in [5.41, 5.74) is 1.41. The highest BCUT2D eigenvalue weighted by Crippen LogP contribution is 2.34. The Kier molecular flexibility index (Phi) is 5.22. The van der Waals surface area contributed by atoms with E-state index in [1.165, 1.54) is 12.1 Å². The minimum atomic E-state index is -0.337. The third kappa shape index (κ3) is 4.09. The van der Waals surface area contributed by atoms with Crippen LogP contribution < -0.4 is 0 Å². The second kappa shape index (κ2) is 7.38. The van der Waals surface area contributed by atoms with Crippen LogP contribution >= 0.6 is 39.9 Å². The van der Waals surface area contributed by atoms with Crippen LogP contribution in [0.15, 0.2) is 56.9 Å². The Morgan fingerprint density at radius 3 is 2.44 bits per heavy atom. The van der Waals surface area contributed by atoms with Crippen LogP contribution in [0.1, 0.15) is 11.1 Å². The highest BCUT2D eigenvalue weighted by molar-refractivity contribution is 9.10. The van der Waals surface area contributed by atoms with Gasteiger partial charge in [-0.2, -0.15) is 10.1 Å². The maximum absolute atomic E-state index is 12.5. The molecule has 0 bridgehead atoms. The number of carbonyl (C=O) groups is 1. The first-order valence-electron chi connectivity index (χ1n) is 7.03. The molecule has 5 nitrogen and oxygen atoms in total. The van der Waals surface area contributed by atoms with E-state index >= 15 is 0 Å². The van der Waals surface area contributed by atoms with Crippen molar-refractivity contribution in [3.8, 4) is 11.5 Å². The van der Waals surface area contributed by atoms with Gasteiger partial charge in [-0.05, 0) is 53.7 Å². The monoisotopic (exact) mass is 434 g/mol. The number of phenols is 2. The highest BCUT2D eigenvalue weighted by Gasteiger charge is 2.32. The molecular formula is C17H11BrN2O3S2. The van der Waals surface area contributed by atoms with E-state index < -0.39 is 0 Å². The van der Waals surface area contributed by atoms with Crippen LogP contribution in [0.25, 0.3) is 6.08 Å². The van der Waals surface area contributed by atoms with E-state index in [9.17, 15) is 15.0 Å². The van der Waals surface area contributed by atoms with E-state index in [4.69, 9.17) is 12.2 Å². The first-order valence-corrected chi connectivity index (χ1v) is 9.05. The van der Waals surface area contributed by atoms with Crippen molar-refractivity contribution in [3.05, 3.63) is 63.0 Å². The number of hydrogen-bond acceptors (Lipinski definition) is 6. The summed E-state index contributed by atoms with van der Waals surface area (Å²) in [6, 6.07) is 11.8. The zero-order valence-electron chi connectivity index (χ0n) is 12.6. The maximum Gasteiger partial charge on any atom is 0.286 e. The topological polar surface area (TPSA) is 73.1 Å². The molecule has 1 heterocycles. The average molecular weight is 435 g/mol. The lowest BCUT2D eigenvalue weighted by Gasteiger charge is -2.06. The predicted molar refractivity (Wildman–Crippen MR) is 107 cm³/mol. The van der Waals surface area contributed by atoms with Crippen molar-refractivity contribution < 1.29 is 15.0 Å². The molecule has 8 heteroatoms. The third-order valence-corrected chi connectivity index (χ3v) is 5.07. The van der Waals surface area contributed by atoms with Crippen LogP contribution in [0.4, 0.5) is 0 Å². The number of amides is 1. The first kappa shape index (κ1) is 17.7. The molecule has 25 heavy (non-hydrogen) atoms. The Hall–Kier alpha value is -2.16. The van der Waals surface area contributed by atoms with Gasteiger partial charge in [0.1, 0.15) is 0 Å². The molecule has 0 aromatic heterocycles. The molecule has 1 amide bonds. The lowest BCUT2D eigenvalue weighted by atomic mass is 10.2. The maximum atomic E-state index is 12.5. The van der Waals surface area contributed by atoms with E-state index in [1.807, 2.05) is 24.3 Å². The van der Waals surface area contributed by atoms with Gasteiger partial charge in [0, 0.05) is 4.47 Å². The molecule has 2 aromatic carbocycles. The van der Waals surface area contributed by atoms with Crippen molar-refractivity contribution in [2.75, 3.05) is 0 Å². The lowest BCUT2D eigenvalue weighted by molar-refractivity contribution is -0.122. The molecule has 2 aromatic rings. The van der Waals surface area contributed by atoms with Crippen molar-refractivity contribution >= 4 is 62.4 Å². The van der Waals surface area contributed by atoms with Gasteiger partial charge in [-0.1, -0.05) is 45.9 Å². The van der Waals surface area contributed by atoms with E-state index in [0.29, 0.717) is 14.8 Å². The number of hydrogen-bond donors (Lipinski definition) is 2. The van der Waals surface area contributed by atoms with E-state index in [1.54, 1.807) is 18.4 Å². The molecule has 0 aliphatic carbocycles. The largest absolute Gasteiger partial charge is 0.504 e. The number of carbonyl (C=O) groups excluding carboxylic acids is 1. The van der Waals surface area contributed by atoms with Crippen LogP contribution in [-0.2, 0) is 4.79 Å². The number of benzene rings is 2. The fourth-order valence-corrected chi connectivity index (χ4v) is 3.45. The predicted octanol–water partition coefficient (Wildman–Crippen LogP) is 4.10. The summed E-state index contributed by atoms with van der Waals surface area (Å²) in [4.78, 5) is 12.9. The molecule has 0 unspecified atom stereocenters. The minimum Gasteiger partial charge on any atom is -0.504 e. The van der Waals surface area contributed by atoms with Crippen LogP contribution in [0.2, 0.25) is 0 Å². The van der Waals surface area contributed by atoms with Crippen molar-refractivity contribution in [2.45, 2.75) is 0 Å². The number of phenolic OH excluding ortho intramolecular Hbond substituents is 2. The summed E-state index contributed by atoms with van der Waals surface area (Å²) >= 11 is 9.69. The zero-order chi connectivity index (χ0) is 18.0. The van der Waals surface area contributed by atoms with Gasteiger partial charge in [-0.15, -0.1) is 0 Å². The Morgan fingerprint density at radius 1 is 1.08 bits per heavy atom. The molecule has 2 N–H and O–H groups in total. The zero-order valence-corrected chi connectivity index (χ0v) is 15.8. The van der Waals surface area contributed by atoms with E-state index in [0.717, 1.165) is 26.8 Å². The van der Waals surface area contributed by atoms with Crippen molar-refractivity contribution in [1.82, 2.24) is 5.01 Å². The van der Waals surface area contributed by atoms with Crippen LogP contribution in [0.3, 0.4) is 0 Å². The minimum absolute atomic E-state index is 0.219. The van der Waals surface area contributed by atoms with Crippen molar-refractivity contribution in [1.29, 1.82) is 0 Å². The second-order valence-electron chi connectivity index (χ2n) is 5.04. The average Bonchev–Trinajstić information content (AvgIpc) is 2.84. The van der Waals surface area contributed by atoms with Crippen molar-refractivity contribution in [3.63, 3.8) is 0 Å². The molecule has 1 aliphatic heterocycles. The van der Waals surface area contributed by atoms with Gasteiger partial charge in [0.15, 0.2) is 15.8 Å². The molecule has 1 aliphatic rings. The number of thiocarbonyl (C=S) groups is 1. The van der Waals surface area contributed by atoms with Gasteiger partial charge < -0.3 is 10.2 Å². The fraction of sp³-hybridized carbons (Fsp3) is 0. The summed E-state index contributed by atoms with van der Waals surface area (Å²) in [5, 5.41) is 24.2. The number of hydrazone groups is 1. The number of halogens is 1. The SMILES string of the molecule is O=C1/C(=C\c2ccc(O)c(O)c2)SC(=S)N1/N=C/c1ccc(Br)cc1. The Balaban J connectivity index is 1.80. The molecule has 1 fully saturated rings.